The van der Waals surface area contributed by atoms with E-state index in [1.807, 2.05) is 37.3 Å². The molecular weight excluding hydrogens is 346 g/mol. The second-order valence-corrected chi connectivity index (χ2v) is 7.64. The van der Waals surface area contributed by atoms with Crippen LogP contribution in [0.15, 0.2) is 36.7 Å². The SMILES string of the molecule is C[C@@H](NC(=O)COc1ncnc2sc3c(c12)CCCC3)c1ccccc1. The molecular formula is C20H21N3O2S. The third-order valence-electron chi connectivity index (χ3n) is 4.73. The number of rotatable bonds is 5. The quantitative estimate of drug-likeness (QED) is 0.744. The van der Waals surface area contributed by atoms with Crippen molar-refractivity contribution in [2.75, 3.05) is 6.61 Å². The van der Waals surface area contributed by atoms with Crippen LogP contribution in [0, 0.1) is 0 Å². The van der Waals surface area contributed by atoms with E-state index in [4.69, 9.17) is 4.74 Å². The van der Waals surface area contributed by atoms with Gasteiger partial charge in [-0.15, -0.1) is 11.3 Å². The van der Waals surface area contributed by atoms with Crippen LogP contribution in [0.5, 0.6) is 5.88 Å². The van der Waals surface area contributed by atoms with Crippen LogP contribution in [-0.2, 0) is 17.6 Å². The molecule has 0 bridgehead atoms. The Hall–Kier alpha value is -2.47. The van der Waals surface area contributed by atoms with Gasteiger partial charge in [0, 0.05) is 4.88 Å². The molecule has 0 radical (unpaired) electrons. The smallest absolute Gasteiger partial charge is 0.258 e. The minimum Gasteiger partial charge on any atom is -0.467 e. The first-order valence-electron chi connectivity index (χ1n) is 8.94. The molecule has 1 aromatic carbocycles. The predicted octanol–water partition coefficient (Wildman–Crippen LogP) is 3.83. The Labute approximate surface area is 156 Å². The minimum absolute atomic E-state index is 0.0477. The molecule has 4 rings (SSSR count). The Morgan fingerprint density at radius 3 is 2.88 bits per heavy atom. The van der Waals surface area contributed by atoms with Crippen LogP contribution in [0.2, 0.25) is 0 Å². The number of carbonyl (C=O) groups excluding carboxylic acids is 1. The molecule has 1 aliphatic carbocycles. The lowest BCUT2D eigenvalue weighted by molar-refractivity contribution is -0.123. The van der Waals surface area contributed by atoms with Crippen molar-refractivity contribution in [2.24, 2.45) is 0 Å². The highest BCUT2D eigenvalue weighted by Crippen LogP contribution is 2.38. The average molecular weight is 367 g/mol. The van der Waals surface area contributed by atoms with Crippen LogP contribution in [0.3, 0.4) is 0 Å². The number of thiophene rings is 1. The lowest BCUT2D eigenvalue weighted by Crippen LogP contribution is -2.31. The van der Waals surface area contributed by atoms with Gasteiger partial charge in [0.15, 0.2) is 6.61 Å². The molecule has 3 aromatic rings. The van der Waals surface area contributed by atoms with Crippen molar-refractivity contribution < 1.29 is 9.53 Å². The number of hydrogen-bond donors (Lipinski definition) is 1. The number of hydrogen-bond acceptors (Lipinski definition) is 5. The van der Waals surface area contributed by atoms with Crippen LogP contribution in [0.4, 0.5) is 0 Å². The number of aryl methyl sites for hydroxylation is 2. The Bertz CT molecular complexity index is 923. The zero-order chi connectivity index (χ0) is 17.9. The second-order valence-electron chi connectivity index (χ2n) is 6.56. The Morgan fingerprint density at radius 1 is 1.23 bits per heavy atom. The maximum atomic E-state index is 12.3. The van der Waals surface area contributed by atoms with Gasteiger partial charge in [-0.05, 0) is 43.7 Å². The normalized spacial score (nSPS) is 14.7. The fraction of sp³-hybridized carbons (Fsp3) is 0.350. The summed E-state index contributed by atoms with van der Waals surface area (Å²) in [4.78, 5) is 23.3. The molecule has 0 spiro atoms. The van der Waals surface area contributed by atoms with Crippen molar-refractivity contribution in [3.63, 3.8) is 0 Å². The maximum Gasteiger partial charge on any atom is 0.258 e. The summed E-state index contributed by atoms with van der Waals surface area (Å²) < 4.78 is 5.79. The van der Waals surface area contributed by atoms with Crippen LogP contribution in [0.1, 0.15) is 41.8 Å². The highest BCUT2D eigenvalue weighted by molar-refractivity contribution is 7.18. The van der Waals surface area contributed by atoms with Gasteiger partial charge in [0.25, 0.3) is 5.91 Å². The summed E-state index contributed by atoms with van der Waals surface area (Å²) in [6.45, 7) is 1.92. The van der Waals surface area contributed by atoms with Gasteiger partial charge in [-0.25, -0.2) is 9.97 Å². The van der Waals surface area contributed by atoms with Crippen molar-refractivity contribution in [3.05, 3.63) is 52.7 Å². The summed E-state index contributed by atoms with van der Waals surface area (Å²) in [7, 11) is 0. The van der Waals surface area contributed by atoms with Crippen molar-refractivity contribution in [1.29, 1.82) is 0 Å². The van der Waals surface area contributed by atoms with Crippen molar-refractivity contribution in [3.8, 4) is 5.88 Å². The molecule has 6 heteroatoms. The van der Waals surface area contributed by atoms with E-state index in [0.717, 1.165) is 28.6 Å². The number of carbonyl (C=O) groups is 1. The van der Waals surface area contributed by atoms with E-state index >= 15 is 0 Å². The number of fused-ring (bicyclic) bond motifs is 3. The Balaban J connectivity index is 1.46. The van der Waals surface area contributed by atoms with Crippen LogP contribution >= 0.6 is 11.3 Å². The summed E-state index contributed by atoms with van der Waals surface area (Å²) in [5.74, 6) is 0.370. The molecule has 134 valence electrons. The first kappa shape index (κ1) is 17.0. The first-order chi connectivity index (χ1) is 12.7. The van der Waals surface area contributed by atoms with E-state index in [-0.39, 0.29) is 18.6 Å². The molecule has 1 N–H and O–H groups in total. The predicted molar refractivity (Wildman–Crippen MR) is 103 cm³/mol. The molecule has 0 fully saturated rings. The van der Waals surface area contributed by atoms with Crippen molar-refractivity contribution in [2.45, 2.75) is 38.6 Å². The second kappa shape index (κ2) is 7.41. The van der Waals surface area contributed by atoms with E-state index < -0.39 is 0 Å². The van der Waals surface area contributed by atoms with Crippen LogP contribution < -0.4 is 10.1 Å². The Morgan fingerprint density at radius 2 is 2.04 bits per heavy atom. The summed E-state index contributed by atoms with van der Waals surface area (Å²) in [5, 5.41) is 3.96. The molecule has 0 saturated heterocycles. The maximum absolute atomic E-state index is 12.3. The summed E-state index contributed by atoms with van der Waals surface area (Å²) in [6, 6.07) is 9.82. The third kappa shape index (κ3) is 3.42. The van der Waals surface area contributed by atoms with Gasteiger partial charge in [-0.1, -0.05) is 30.3 Å². The molecule has 0 aliphatic heterocycles. The number of aromatic nitrogens is 2. The molecule has 2 aromatic heterocycles. The van der Waals surface area contributed by atoms with Gasteiger partial charge in [-0.3, -0.25) is 4.79 Å². The molecule has 1 atom stereocenters. The summed E-state index contributed by atoms with van der Waals surface area (Å²) in [5.41, 5.74) is 2.38. The lowest BCUT2D eigenvalue weighted by atomic mass is 9.97. The van der Waals surface area contributed by atoms with Crippen molar-refractivity contribution >= 4 is 27.5 Å². The highest BCUT2D eigenvalue weighted by Gasteiger charge is 2.21. The van der Waals surface area contributed by atoms with E-state index in [9.17, 15) is 4.79 Å². The summed E-state index contributed by atoms with van der Waals surface area (Å²) in [6.07, 6.45) is 6.07. The standard InChI is InChI=1S/C20H21N3O2S/c1-13(14-7-3-2-4-8-14)23-17(24)11-25-19-18-15-9-5-6-10-16(15)26-20(18)22-12-21-19/h2-4,7-8,12-13H,5-6,9-11H2,1H3,(H,23,24)/t13-/m1/s1. The first-order valence-corrected chi connectivity index (χ1v) is 9.76. The van der Waals surface area contributed by atoms with Gasteiger partial charge < -0.3 is 10.1 Å². The summed E-state index contributed by atoms with van der Waals surface area (Å²) >= 11 is 1.72. The van der Waals surface area contributed by atoms with Gasteiger partial charge in [-0.2, -0.15) is 0 Å². The van der Waals surface area contributed by atoms with Crippen LogP contribution in [0.25, 0.3) is 10.2 Å². The Kier molecular flexibility index (Phi) is 4.84. The average Bonchev–Trinajstić information content (AvgIpc) is 3.06. The zero-order valence-electron chi connectivity index (χ0n) is 14.7. The molecule has 2 heterocycles. The highest BCUT2D eigenvalue weighted by atomic mass is 32.1. The number of benzene rings is 1. The van der Waals surface area contributed by atoms with Crippen LogP contribution in [-0.4, -0.2) is 22.5 Å². The van der Waals surface area contributed by atoms with E-state index in [0.29, 0.717) is 5.88 Å². The molecule has 0 saturated carbocycles. The molecule has 0 unspecified atom stereocenters. The van der Waals surface area contributed by atoms with Gasteiger partial charge in [0.2, 0.25) is 5.88 Å². The minimum atomic E-state index is -0.155. The fourth-order valence-electron chi connectivity index (χ4n) is 3.41. The number of nitrogens with one attached hydrogen (secondary N) is 1. The third-order valence-corrected chi connectivity index (χ3v) is 5.93. The van der Waals surface area contributed by atoms with E-state index in [1.165, 1.54) is 29.6 Å². The van der Waals surface area contributed by atoms with Gasteiger partial charge >= 0.3 is 0 Å². The van der Waals surface area contributed by atoms with E-state index in [2.05, 4.69) is 15.3 Å². The van der Waals surface area contributed by atoms with Gasteiger partial charge in [0.1, 0.15) is 11.2 Å². The molecule has 26 heavy (non-hydrogen) atoms. The largest absolute Gasteiger partial charge is 0.467 e. The topological polar surface area (TPSA) is 64.1 Å². The number of ether oxygens (including phenoxy) is 1. The number of nitrogens with zero attached hydrogens (tertiary/aromatic N) is 2. The van der Waals surface area contributed by atoms with E-state index in [1.54, 1.807) is 11.3 Å². The lowest BCUT2D eigenvalue weighted by Gasteiger charge is -2.15. The number of amides is 1. The monoisotopic (exact) mass is 367 g/mol. The van der Waals surface area contributed by atoms with Crippen molar-refractivity contribution in [1.82, 2.24) is 15.3 Å². The fourth-order valence-corrected chi connectivity index (χ4v) is 4.63. The zero-order valence-corrected chi connectivity index (χ0v) is 15.5. The molecule has 1 aliphatic rings. The molecule has 1 amide bonds. The van der Waals surface area contributed by atoms with Gasteiger partial charge in [0.05, 0.1) is 11.4 Å². The molecule has 5 nitrogen and oxygen atoms in total.